The van der Waals surface area contributed by atoms with Gasteiger partial charge >= 0.3 is 0 Å². The highest BCUT2D eigenvalue weighted by atomic mass is 32.2. The van der Waals surface area contributed by atoms with E-state index in [1.807, 2.05) is 0 Å². The van der Waals surface area contributed by atoms with E-state index in [0.717, 1.165) is 6.07 Å². The molecule has 0 aromatic heterocycles. The Balaban J connectivity index is 2.61. The van der Waals surface area contributed by atoms with Crippen molar-refractivity contribution in [2.45, 2.75) is 11.3 Å². The van der Waals surface area contributed by atoms with E-state index in [-0.39, 0.29) is 22.8 Å². The Morgan fingerprint density at radius 2 is 2.07 bits per heavy atom. The van der Waals surface area contributed by atoms with Crippen molar-refractivity contribution in [3.8, 4) is 0 Å². The molecule has 0 spiro atoms. The van der Waals surface area contributed by atoms with Crippen LogP contribution in [0.15, 0.2) is 17.0 Å². The number of anilines is 1. The molecule has 0 saturated carbocycles. The van der Waals surface area contributed by atoms with E-state index in [0.29, 0.717) is 6.07 Å². The monoisotopic (exact) mass is 231 g/mol. The van der Waals surface area contributed by atoms with Gasteiger partial charge in [-0.2, -0.15) is 0 Å². The molecule has 1 aromatic carbocycles. The van der Waals surface area contributed by atoms with Gasteiger partial charge in [-0.25, -0.2) is 8.78 Å². The number of carbonyl (C=O) groups excluding carboxylic acids is 1. The minimum Gasteiger partial charge on any atom is -0.323 e. The van der Waals surface area contributed by atoms with Gasteiger partial charge in [-0.1, -0.05) is 0 Å². The van der Waals surface area contributed by atoms with Crippen LogP contribution in [0.25, 0.3) is 0 Å². The average molecular weight is 231 g/mol. The number of hydrogen-bond acceptors (Lipinski definition) is 2. The van der Waals surface area contributed by atoms with Crippen LogP contribution in [0.3, 0.4) is 0 Å². The van der Waals surface area contributed by atoms with Gasteiger partial charge in [0.1, 0.15) is 5.82 Å². The maximum Gasteiger partial charge on any atom is 0.225 e. The van der Waals surface area contributed by atoms with Crippen molar-refractivity contribution in [3.05, 3.63) is 23.8 Å². The van der Waals surface area contributed by atoms with Crippen LogP contribution in [0.5, 0.6) is 0 Å². The quantitative estimate of drug-likeness (QED) is 0.733. The fourth-order valence-electron chi connectivity index (χ4n) is 1.35. The Hall–Kier alpha value is -1.30. The lowest BCUT2D eigenvalue weighted by Crippen LogP contribution is -2.11. The molecule has 1 aliphatic rings. The normalized spacial score (nSPS) is 20.4. The summed E-state index contributed by atoms with van der Waals surface area (Å²) in [4.78, 5) is 11.1. The molecular formula is C9H7F2NO2S. The zero-order valence-corrected chi connectivity index (χ0v) is 8.37. The number of benzene rings is 1. The van der Waals surface area contributed by atoms with E-state index in [1.165, 1.54) is 0 Å². The van der Waals surface area contributed by atoms with E-state index in [4.69, 9.17) is 0 Å². The summed E-state index contributed by atoms with van der Waals surface area (Å²) in [5, 5.41) is 2.27. The standard InChI is InChI=1S/C9H7F2NO2S/c10-5-3-6(11)9-7(4-5)15(14)2-1-8(13)12-9/h3-4H,1-2H2,(H,12,13). The van der Waals surface area contributed by atoms with E-state index in [2.05, 4.69) is 5.32 Å². The third-order valence-electron chi connectivity index (χ3n) is 2.04. The number of rotatable bonds is 0. The highest BCUT2D eigenvalue weighted by Gasteiger charge is 2.22. The summed E-state index contributed by atoms with van der Waals surface area (Å²) >= 11 is 0. The molecule has 1 aliphatic heterocycles. The van der Waals surface area contributed by atoms with Crippen LogP contribution in [0, 0.1) is 11.6 Å². The molecule has 3 nitrogen and oxygen atoms in total. The largest absolute Gasteiger partial charge is 0.323 e. The van der Waals surface area contributed by atoms with Crippen LogP contribution in [0.1, 0.15) is 6.42 Å². The molecule has 80 valence electrons. The second-order valence-corrected chi connectivity index (χ2v) is 4.65. The van der Waals surface area contributed by atoms with Gasteiger partial charge in [-0.15, -0.1) is 0 Å². The first-order valence-electron chi connectivity index (χ1n) is 4.25. The van der Waals surface area contributed by atoms with E-state index >= 15 is 0 Å². The van der Waals surface area contributed by atoms with Gasteiger partial charge in [-0.3, -0.25) is 9.00 Å². The van der Waals surface area contributed by atoms with Crippen LogP contribution < -0.4 is 5.32 Å². The molecule has 6 heteroatoms. The fourth-order valence-corrected chi connectivity index (χ4v) is 2.56. The first-order chi connectivity index (χ1) is 7.08. The Morgan fingerprint density at radius 1 is 1.33 bits per heavy atom. The van der Waals surface area contributed by atoms with Crippen LogP contribution in [0.4, 0.5) is 14.5 Å². The van der Waals surface area contributed by atoms with Crippen molar-refractivity contribution >= 4 is 22.4 Å². The van der Waals surface area contributed by atoms with E-state index < -0.39 is 28.3 Å². The number of hydrogen-bond donors (Lipinski definition) is 1. The first-order valence-corrected chi connectivity index (χ1v) is 5.57. The lowest BCUT2D eigenvalue weighted by atomic mass is 10.3. The Labute approximate surface area is 86.9 Å². The topological polar surface area (TPSA) is 46.2 Å². The zero-order valence-electron chi connectivity index (χ0n) is 7.55. The van der Waals surface area contributed by atoms with E-state index in [9.17, 15) is 17.8 Å². The molecule has 0 bridgehead atoms. The molecule has 1 N–H and O–H groups in total. The van der Waals surface area contributed by atoms with Crippen LogP contribution in [0.2, 0.25) is 0 Å². The Kier molecular flexibility index (Phi) is 2.52. The van der Waals surface area contributed by atoms with Crippen LogP contribution in [-0.2, 0) is 15.6 Å². The number of amides is 1. The number of fused-ring (bicyclic) bond motifs is 1. The third-order valence-corrected chi connectivity index (χ3v) is 3.43. The minimum absolute atomic E-state index is 0.0124. The second-order valence-electron chi connectivity index (χ2n) is 3.11. The highest BCUT2D eigenvalue weighted by molar-refractivity contribution is 7.85. The van der Waals surface area contributed by atoms with E-state index in [1.54, 1.807) is 0 Å². The number of nitrogens with one attached hydrogen (secondary N) is 1. The summed E-state index contributed by atoms with van der Waals surface area (Å²) in [5.41, 5.74) is -0.169. The van der Waals surface area contributed by atoms with Gasteiger partial charge in [-0.05, 0) is 6.07 Å². The number of halogens is 2. The molecule has 1 atom stereocenters. The summed E-state index contributed by atoms with van der Waals surface area (Å²) in [7, 11) is -1.54. The van der Waals surface area contributed by atoms with Crippen molar-refractivity contribution < 1.29 is 17.8 Å². The van der Waals surface area contributed by atoms with Gasteiger partial charge < -0.3 is 5.32 Å². The van der Waals surface area contributed by atoms with Crippen molar-refractivity contribution in [2.75, 3.05) is 11.1 Å². The Bertz CT molecular complexity index is 462. The Morgan fingerprint density at radius 3 is 2.80 bits per heavy atom. The number of carbonyl (C=O) groups is 1. The second kappa shape index (κ2) is 3.69. The summed E-state index contributed by atoms with van der Waals surface area (Å²) in [5.74, 6) is -2.01. The fraction of sp³-hybridized carbons (Fsp3) is 0.222. The molecule has 15 heavy (non-hydrogen) atoms. The predicted octanol–water partition coefficient (Wildman–Crippen LogP) is 1.41. The SMILES string of the molecule is O=C1CCS(=O)c2cc(F)cc(F)c2N1. The summed E-state index contributed by atoms with van der Waals surface area (Å²) in [6, 6.07) is 1.64. The molecule has 0 aliphatic carbocycles. The maximum atomic E-state index is 13.3. The minimum atomic E-state index is -1.54. The molecule has 0 fully saturated rings. The van der Waals surface area contributed by atoms with Gasteiger partial charge in [0.05, 0.1) is 21.4 Å². The molecular weight excluding hydrogens is 224 g/mol. The zero-order chi connectivity index (χ0) is 11.0. The molecule has 2 rings (SSSR count). The summed E-state index contributed by atoms with van der Waals surface area (Å²) in [6.45, 7) is 0. The summed E-state index contributed by atoms with van der Waals surface area (Å²) in [6.07, 6.45) is 0.0440. The predicted molar refractivity (Wildman–Crippen MR) is 50.9 cm³/mol. The van der Waals surface area contributed by atoms with Crippen LogP contribution in [-0.4, -0.2) is 15.9 Å². The van der Waals surface area contributed by atoms with Crippen LogP contribution >= 0.6 is 0 Å². The van der Waals surface area contributed by atoms with Gasteiger partial charge in [0, 0.05) is 18.2 Å². The lowest BCUT2D eigenvalue weighted by Gasteiger charge is -2.06. The highest BCUT2D eigenvalue weighted by Crippen LogP contribution is 2.27. The van der Waals surface area contributed by atoms with Crippen molar-refractivity contribution in [2.24, 2.45) is 0 Å². The molecule has 1 amide bonds. The van der Waals surface area contributed by atoms with Crippen molar-refractivity contribution in [1.82, 2.24) is 0 Å². The van der Waals surface area contributed by atoms with Crippen molar-refractivity contribution in [3.63, 3.8) is 0 Å². The van der Waals surface area contributed by atoms with Gasteiger partial charge in [0.25, 0.3) is 0 Å². The molecule has 0 saturated heterocycles. The lowest BCUT2D eigenvalue weighted by molar-refractivity contribution is -0.115. The maximum absolute atomic E-state index is 13.3. The molecule has 1 unspecified atom stereocenters. The van der Waals surface area contributed by atoms with Crippen molar-refractivity contribution in [1.29, 1.82) is 0 Å². The third kappa shape index (κ3) is 1.90. The molecule has 0 radical (unpaired) electrons. The smallest absolute Gasteiger partial charge is 0.225 e. The molecule has 1 heterocycles. The summed E-state index contributed by atoms with van der Waals surface area (Å²) < 4.78 is 37.7. The molecule has 1 aromatic rings. The van der Waals surface area contributed by atoms with Gasteiger partial charge in [0.2, 0.25) is 5.91 Å². The first kappa shape index (κ1) is 10.2. The average Bonchev–Trinajstić information content (AvgIpc) is 2.30. The van der Waals surface area contributed by atoms with Gasteiger partial charge in [0.15, 0.2) is 5.82 Å².